The Labute approximate surface area is 169 Å². The number of hydrogen-bond acceptors (Lipinski definition) is 6. The predicted octanol–water partition coefficient (Wildman–Crippen LogP) is 1.02. The molecule has 2 aromatic rings. The number of nitrogens with one attached hydrogen (secondary N) is 1. The Morgan fingerprint density at radius 1 is 1.28 bits per heavy atom. The van der Waals surface area contributed by atoms with Crippen LogP contribution in [0.2, 0.25) is 0 Å². The number of carbonyl (C=O) groups excluding carboxylic acids is 2. The second kappa shape index (κ2) is 8.75. The SMILES string of the molecule is Cc1ccc(C(=O)NC2CCN(C(=O)CN(C)S(=O)(=O)c3cccnc3)CC2)o1. The van der Waals surface area contributed by atoms with Crippen LogP contribution in [0, 0.1) is 6.92 Å². The Morgan fingerprint density at radius 3 is 2.59 bits per heavy atom. The minimum absolute atomic E-state index is 0.0462. The van der Waals surface area contributed by atoms with Gasteiger partial charge in [-0.25, -0.2) is 8.42 Å². The van der Waals surface area contributed by atoms with E-state index in [1.807, 2.05) is 0 Å². The average Bonchev–Trinajstić information content (AvgIpc) is 3.15. The maximum absolute atomic E-state index is 12.5. The molecule has 3 heterocycles. The second-order valence-electron chi connectivity index (χ2n) is 6.99. The van der Waals surface area contributed by atoms with Gasteiger partial charge in [0.05, 0.1) is 6.54 Å². The maximum atomic E-state index is 12.5. The number of rotatable bonds is 6. The minimum Gasteiger partial charge on any atom is -0.456 e. The van der Waals surface area contributed by atoms with Gasteiger partial charge in [-0.3, -0.25) is 14.6 Å². The van der Waals surface area contributed by atoms with Crippen molar-refractivity contribution in [1.29, 1.82) is 0 Å². The second-order valence-corrected chi connectivity index (χ2v) is 9.03. The molecule has 0 saturated carbocycles. The van der Waals surface area contributed by atoms with E-state index in [9.17, 15) is 18.0 Å². The summed E-state index contributed by atoms with van der Waals surface area (Å²) in [6.07, 6.45) is 3.93. The highest BCUT2D eigenvalue weighted by atomic mass is 32.2. The third-order valence-electron chi connectivity index (χ3n) is 4.85. The van der Waals surface area contributed by atoms with Gasteiger partial charge in [0.1, 0.15) is 10.7 Å². The normalized spacial score (nSPS) is 15.5. The third kappa shape index (κ3) is 5.01. The first-order valence-corrected chi connectivity index (χ1v) is 10.7. The average molecular weight is 420 g/mol. The first-order chi connectivity index (χ1) is 13.8. The molecule has 1 aliphatic rings. The fraction of sp³-hybridized carbons (Fsp3) is 0.421. The lowest BCUT2D eigenvalue weighted by Gasteiger charge is -2.33. The van der Waals surface area contributed by atoms with E-state index in [4.69, 9.17) is 4.42 Å². The summed E-state index contributed by atoms with van der Waals surface area (Å²) in [4.78, 5) is 30.2. The van der Waals surface area contributed by atoms with Crippen LogP contribution in [-0.4, -0.2) is 67.1 Å². The lowest BCUT2D eigenvalue weighted by molar-refractivity contribution is -0.132. The van der Waals surface area contributed by atoms with E-state index in [0.717, 1.165) is 4.31 Å². The smallest absolute Gasteiger partial charge is 0.287 e. The maximum Gasteiger partial charge on any atom is 0.287 e. The predicted molar refractivity (Wildman–Crippen MR) is 105 cm³/mol. The van der Waals surface area contributed by atoms with Crippen LogP contribution in [0.15, 0.2) is 46.0 Å². The van der Waals surface area contributed by atoms with E-state index in [1.165, 1.54) is 31.6 Å². The van der Waals surface area contributed by atoms with Crippen LogP contribution in [0.1, 0.15) is 29.2 Å². The number of aryl methyl sites for hydroxylation is 1. The Hall–Kier alpha value is -2.72. The molecule has 3 rings (SSSR count). The van der Waals surface area contributed by atoms with Crippen LogP contribution in [0.25, 0.3) is 0 Å². The molecular weight excluding hydrogens is 396 g/mol. The van der Waals surface area contributed by atoms with Crippen LogP contribution in [0.4, 0.5) is 0 Å². The zero-order chi connectivity index (χ0) is 21.0. The van der Waals surface area contributed by atoms with Gasteiger partial charge in [-0.2, -0.15) is 4.31 Å². The van der Waals surface area contributed by atoms with Gasteiger partial charge >= 0.3 is 0 Å². The fourth-order valence-electron chi connectivity index (χ4n) is 3.14. The molecule has 0 atom stereocenters. The molecule has 0 radical (unpaired) electrons. The van der Waals surface area contributed by atoms with Crippen molar-refractivity contribution in [2.24, 2.45) is 0 Å². The van der Waals surface area contributed by atoms with Crippen LogP contribution < -0.4 is 5.32 Å². The number of sulfonamides is 1. The first kappa shape index (κ1) is 21.0. The number of nitrogens with zero attached hydrogens (tertiary/aromatic N) is 3. The number of pyridine rings is 1. The van der Waals surface area contributed by atoms with E-state index in [1.54, 1.807) is 24.0 Å². The fourth-order valence-corrected chi connectivity index (χ4v) is 4.23. The molecular formula is C19H24N4O5S. The van der Waals surface area contributed by atoms with E-state index < -0.39 is 10.0 Å². The summed E-state index contributed by atoms with van der Waals surface area (Å²) in [5.41, 5.74) is 0. The number of aromatic nitrogens is 1. The molecule has 2 aromatic heterocycles. The molecule has 1 fully saturated rings. The topological polar surface area (TPSA) is 113 Å². The van der Waals surface area contributed by atoms with Crippen molar-refractivity contribution >= 4 is 21.8 Å². The molecule has 10 heteroatoms. The van der Waals surface area contributed by atoms with Crippen LogP contribution in [-0.2, 0) is 14.8 Å². The Morgan fingerprint density at radius 2 is 2.00 bits per heavy atom. The lowest BCUT2D eigenvalue weighted by atomic mass is 10.0. The lowest BCUT2D eigenvalue weighted by Crippen LogP contribution is -2.49. The van der Waals surface area contributed by atoms with Gasteiger partial charge in [0.15, 0.2) is 5.76 Å². The van der Waals surface area contributed by atoms with Gasteiger partial charge in [-0.15, -0.1) is 0 Å². The van der Waals surface area contributed by atoms with Crippen molar-refractivity contribution in [3.05, 3.63) is 48.2 Å². The highest BCUT2D eigenvalue weighted by Gasteiger charge is 2.28. The molecule has 2 amide bonds. The first-order valence-electron chi connectivity index (χ1n) is 9.29. The van der Waals surface area contributed by atoms with E-state index in [0.29, 0.717) is 31.7 Å². The Kier molecular flexibility index (Phi) is 6.33. The largest absolute Gasteiger partial charge is 0.456 e. The van der Waals surface area contributed by atoms with Crippen molar-refractivity contribution in [3.8, 4) is 0 Å². The van der Waals surface area contributed by atoms with Crippen molar-refractivity contribution in [3.63, 3.8) is 0 Å². The van der Waals surface area contributed by atoms with Gasteiger partial charge in [-0.05, 0) is 44.0 Å². The number of carbonyl (C=O) groups is 2. The molecule has 9 nitrogen and oxygen atoms in total. The molecule has 0 aromatic carbocycles. The van der Waals surface area contributed by atoms with Crippen molar-refractivity contribution < 1.29 is 22.4 Å². The number of amides is 2. The molecule has 29 heavy (non-hydrogen) atoms. The van der Waals surface area contributed by atoms with Crippen LogP contribution in [0.3, 0.4) is 0 Å². The molecule has 156 valence electrons. The molecule has 0 spiro atoms. The highest BCUT2D eigenvalue weighted by molar-refractivity contribution is 7.89. The summed E-state index contributed by atoms with van der Waals surface area (Å²) >= 11 is 0. The molecule has 1 aliphatic heterocycles. The third-order valence-corrected chi connectivity index (χ3v) is 6.63. The summed E-state index contributed by atoms with van der Waals surface area (Å²) in [6, 6.07) is 6.27. The summed E-state index contributed by atoms with van der Waals surface area (Å²) in [6.45, 7) is 2.41. The van der Waals surface area contributed by atoms with Crippen LogP contribution >= 0.6 is 0 Å². The Balaban J connectivity index is 1.50. The van der Waals surface area contributed by atoms with Crippen molar-refractivity contribution in [1.82, 2.24) is 19.5 Å². The quantitative estimate of drug-likeness (QED) is 0.747. The summed E-state index contributed by atoms with van der Waals surface area (Å²) in [5, 5.41) is 2.91. The molecule has 0 aliphatic carbocycles. The highest BCUT2D eigenvalue weighted by Crippen LogP contribution is 2.15. The van der Waals surface area contributed by atoms with Gasteiger partial charge in [0, 0.05) is 38.6 Å². The number of hydrogen-bond donors (Lipinski definition) is 1. The van der Waals surface area contributed by atoms with Gasteiger partial charge < -0.3 is 14.6 Å². The molecule has 0 unspecified atom stereocenters. The molecule has 1 saturated heterocycles. The van der Waals surface area contributed by atoms with Gasteiger partial charge in [-0.1, -0.05) is 0 Å². The molecule has 1 N–H and O–H groups in total. The number of piperidine rings is 1. The molecule has 0 bridgehead atoms. The number of furan rings is 1. The van der Waals surface area contributed by atoms with E-state index >= 15 is 0 Å². The van der Waals surface area contributed by atoms with E-state index in [-0.39, 0.29) is 35.1 Å². The van der Waals surface area contributed by atoms with E-state index in [2.05, 4.69) is 10.3 Å². The summed E-state index contributed by atoms with van der Waals surface area (Å²) < 4.78 is 31.4. The monoisotopic (exact) mass is 420 g/mol. The van der Waals surface area contributed by atoms with Crippen LogP contribution in [0.5, 0.6) is 0 Å². The summed E-state index contributed by atoms with van der Waals surface area (Å²) in [5.74, 6) is 0.390. The Bertz CT molecular complexity index is 965. The summed E-state index contributed by atoms with van der Waals surface area (Å²) in [7, 11) is -2.40. The zero-order valence-electron chi connectivity index (χ0n) is 16.4. The van der Waals surface area contributed by atoms with Crippen molar-refractivity contribution in [2.45, 2.75) is 30.7 Å². The van der Waals surface area contributed by atoms with Gasteiger partial charge in [0.2, 0.25) is 15.9 Å². The minimum atomic E-state index is -3.77. The zero-order valence-corrected chi connectivity index (χ0v) is 17.2. The number of likely N-dealkylation sites (tertiary alicyclic amines) is 1. The van der Waals surface area contributed by atoms with Crippen molar-refractivity contribution in [2.75, 3.05) is 26.7 Å². The standard InChI is InChI=1S/C19H24N4O5S/c1-14-5-6-17(28-14)19(25)21-15-7-10-23(11-8-15)18(24)13-22(2)29(26,27)16-4-3-9-20-12-16/h3-6,9,12,15H,7-8,10-11,13H2,1-2H3,(H,21,25). The number of likely N-dealkylation sites (N-methyl/N-ethyl adjacent to an activating group) is 1. The van der Waals surface area contributed by atoms with Gasteiger partial charge in [0.25, 0.3) is 5.91 Å².